The van der Waals surface area contributed by atoms with Gasteiger partial charge >= 0.3 is 0 Å². The van der Waals surface area contributed by atoms with E-state index in [1.807, 2.05) is 11.7 Å². The maximum absolute atomic E-state index is 6.35. The molecule has 1 N–H and O–H groups in total. The fourth-order valence-electron chi connectivity index (χ4n) is 2.41. The maximum atomic E-state index is 6.35. The maximum Gasteiger partial charge on any atom is 0.0837 e. The van der Waals surface area contributed by atoms with Crippen LogP contribution in [0.2, 0.25) is 5.02 Å². The molecule has 0 aliphatic carbocycles. The van der Waals surface area contributed by atoms with Crippen LogP contribution >= 0.6 is 27.5 Å². The van der Waals surface area contributed by atoms with Gasteiger partial charge in [0.05, 0.1) is 36.1 Å². The number of halogens is 2. The summed E-state index contributed by atoms with van der Waals surface area (Å²) in [6.45, 7) is 3.34. The molecular formula is C15H19BrClN3O. The van der Waals surface area contributed by atoms with Crippen molar-refractivity contribution in [1.29, 1.82) is 0 Å². The predicted octanol–water partition coefficient (Wildman–Crippen LogP) is 3.56. The Morgan fingerprint density at radius 2 is 2.19 bits per heavy atom. The summed E-state index contributed by atoms with van der Waals surface area (Å²) in [5.41, 5.74) is 3.29. The fourth-order valence-corrected chi connectivity index (χ4v) is 3.28. The molecule has 0 fully saturated rings. The van der Waals surface area contributed by atoms with E-state index in [1.54, 1.807) is 13.3 Å². The molecule has 4 nitrogen and oxygen atoms in total. The van der Waals surface area contributed by atoms with Crippen LogP contribution in [0.1, 0.15) is 22.9 Å². The highest BCUT2D eigenvalue weighted by Gasteiger charge is 2.21. The summed E-state index contributed by atoms with van der Waals surface area (Å²) in [4.78, 5) is 0. The lowest BCUT2D eigenvalue weighted by molar-refractivity contribution is 0.182. The molecule has 2 rings (SSSR count). The number of ether oxygens (including phenoxy) is 1. The molecule has 0 aliphatic heterocycles. The van der Waals surface area contributed by atoms with E-state index < -0.39 is 0 Å². The second-order valence-corrected chi connectivity index (χ2v) is 6.20. The minimum Gasteiger partial charge on any atom is -0.383 e. The van der Waals surface area contributed by atoms with E-state index in [4.69, 9.17) is 16.3 Å². The molecule has 1 heterocycles. The topological polar surface area (TPSA) is 39.1 Å². The minimum absolute atomic E-state index is 0.0203. The number of aromatic nitrogens is 2. The Balaban J connectivity index is 2.43. The summed E-state index contributed by atoms with van der Waals surface area (Å²) in [6, 6.07) is 6.31. The second-order valence-electron chi connectivity index (χ2n) is 4.88. The zero-order valence-corrected chi connectivity index (χ0v) is 14.7. The lowest BCUT2D eigenvalue weighted by Crippen LogP contribution is -2.23. The van der Waals surface area contributed by atoms with Crippen molar-refractivity contribution in [3.05, 3.63) is 50.7 Å². The normalized spacial score (nSPS) is 12.6. The summed E-state index contributed by atoms with van der Waals surface area (Å²) in [6.07, 6.45) is 1.68. The van der Waals surface area contributed by atoms with E-state index >= 15 is 0 Å². The molecule has 0 saturated heterocycles. The molecule has 21 heavy (non-hydrogen) atoms. The van der Waals surface area contributed by atoms with Crippen molar-refractivity contribution in [1.82, 2.24) is 15.1 Å². The first kappa shape index (κ1) is 16.5. The van der Waals surface area contributed by atoms with Gasteiger partial charge in [-0.25, -0.2) is 0 Å². The first-order chi connectivity index (χ1) is 10.1. The number of hydrogen-bond donors (Lipinski definition) is 1. The monoisotopic (exact) mass is 371 g/mol. The van der Waals surface area contributed by atoms with Gasteiger partial charge in [0.15, 0.2) is 0 Å². The van der Waals surface area contributed by atoms with Gasteiger partial charge < -0.3 is 10.1 Å². The van der Waals surface area contributed by atoms with Crippen LogP contribution in [0.5, 0.6) is 0 Å². The Hall–Kier alpha value is -0.880. The second kappa shape index (κ2) is 7.40. The summed E-state index contributed by atoms with van der Waals surface area (Å²) >= 11 is 9.90. The molecule has 2 aromatic rings. The van der Waals surface area contributed by atoms with Crippen molar-refractivity contribution in [2.24, 2.45) is 0 Å². The molecule has 0 amide bonds. The summed E-state index contributed by atoms with van der Waals surface area (Å²) in [5, 5.41) is 8.33. The van der Waals surface area contributed by atoms with E-state index in [-0.39, 0.29) is 6.04 Å². The average molecular weight is 373 g/mol. The number of hydrogen-bond acceptors (Lipinski definition) is 3. The van der Waals surface area contributed by atoms with Crippen LogP contribution in [0.25, 0.3) is 0 Å². The zero-order valence-electron chi connectivity index (χ0n) is 12.4. The Bertz CT molecular complexity index is 595. The Morgan fingerprint density at radius 1 is 1.43 bits per heavy atom. The standard InChI is InChI=1S/C15H19BrClN3O/c1-10-6-11(8-12(16)7-10)14(18-2)15-13(17)9-19-20(15)4-5-21-3/h6-9,14,18H,4-5H2,1-3H3. The lowest BCUT2D eigenvalue weighted by atomic mass is 10.0. The van der Waals surface area contributed by atoms with Crippen molar-refractivity contribution in [3.8, 4) is 0 Å². The third-order valence-electron chi connectivity index (χ3n) is 3.30. The van der Waals surface area contributed by atoms with E-state index in [0.717, 1.165) is 15.7 Å². The Kier molecular flexibility index (Phi) is 5.81. The first-order valence-electron chi connectivity index (χ1n) is 6.71. The van der Waals surface area contributed by atoms with Gasteiger partial charge in [-0.1, -0.05) is 33.6 Å². The van der Waals surface area contributed by atoms with Gasteiger partial charge in [-0.05, 0) is 37.2 Å². The van der Waals surface area contributed by atoms with Crippen LogP contribution in [0.4, 0.5) is 0 Å². The summed E-state index contributed by atoms with van der Waals surface area (Å²) in [7, 11) is 3.60. The SMILES string of the molecule is CNC(c1cc(C)cc(Br)c1)c1c(Cl)cnn1CCOC. The number of rotatable bonds is 6. The highest BCUT2D eigenvalue weighted by atomic mass is 79.9. The molecule has 1 unspecified atom stereocenters. The van der Waals surface area contributed by atoms with E-state index in [2.05, 4.69) is 51.5 Å². The van der Waals surface area contributed by atoms with Crippen LogP contribution in [0.15, 0.2) is 28.9 Å². The lowest BCUT2D eigenvalue weighted by Gasteiger charge is -2.20. The summed E-state index contributed by atoms with van der Waals surface area (Å²) < 4.78 is 8.08. The largest absolute Gasteiger partial charge is 0.383 e. The van der Waals surface area contributed by atoms with Gasteiger partial charge in [-0.15, -0.1) is 0 Å². The molecular weight excluding hydrogens is 354 g/mol. The average Bonchev–Trinajstić information content (AvgIpc) is 2.78. The van der Waals surface area contributed by atoms with Gasteiger partial charge in [0, 0.05) is 11.6 Å². The van der Waals surface area contributed by atoms with Crippen molar-refractivity contribution in [2.75, 3.05) is 20.8 Å². The van der Waals surface area contributed by atoms with Crippen molar-refractivity contribution in [3.63, 3.8) is 0 Å². The van der Waals surface area contributed by atoms with E-state index in [9.17, 15) is 0 Å². The Morgan fingerprint density at radius 3 is 2.81 bits per heavy atom. The quantitative estimate of drug-likeness (QED) is 0.842. The van der Waals surface area contributed by atoms with Crippen molar-refractivity contribution in [2.45, 2.75) is 19.5 Å². The smallest absolute Gasteiger partial charge is 0.0837 e. The fraction of sp³-hybridized carbons (Fsp3) is 0.400. The molecule has 1 aromatic carbocycles. The Labute approximate surface area is 138 Å². The van der Waals surface area contributed by atoms with Gasteiger partial charge in [0.1, 0.15) is 0 Å². The number of methoxy groups -OCH3 is 1. The van der Waals surface area contributed by atoms with Crippen molar-refractivity contribution >= 4 is 27.5 Å². The van der Waals surface area contributed by atoms with Crippen LogP contribution < -0.4 is 5.32 Å². The molecule has 6 heteroatoms. The molecule has 0 aliphatic rings. The molecule has 1 aromatic heterocycles. The molecule has 0 spiro atoms. The van der Waals surface area contributed by atoms with Crippen LogP contribution in [-0.4, -0.2) is 30.5 Å². The van der Waals surface area contributed by atoms with Crippen LogP contribution in [-0.2, 0) is 11.3 Å². The van der Waals surface area contributed by atoms with E-state index in [0.29, 0.717) is 18.2 Å². The zero-order chi connectivity index (χ0) is 15.4. The van der Waals surface area contributed by atoms with Gasteiger partial charge in [-0.2, -0.15) is 5.10 Å². The molecule has 0 bridgehead atoms. The molecule has 114 valence electrons. The molecule has 0 saturated carbocycles. The number of nitrogens with zero attached hydrogens (tertiary/aromatic N) is 2. The summed E-state index contributed by atoms with van der Waals surface area (Å²) in [5.74, 6) is 0. The van der Waals surface area contributed by atoms with Gasteiger partial charge in [0.25, 0.3) is 0 Å². The first-order valence-corrected chi connectivity index (χ1v) is 7.88. The van der Waals surface area contributed by atoms with Crippen LogP contribution in [0, 0.1) is 6.92 Å². The van der Waals surface area contributed by atoms with Gasteiger partial charge in [0.2, 0.25) is 0 Å². The predicted molar refractivity (Wildman–Crippen MR) is 88.9 cm³/mol. The highest BCUT2D eigenvalue weighted by molar-refractivity contribution is 9.10. The van der Waals surface area contributed by atoms with E-state index in [1.165, 1.54) is 5.56 Å². The van der Waals surface area contributed by atoms with Crippen LogP contribution in [0.3, 0.4) is 0 Å². The number of aryl methyl sites for hydroxylation is 1. The van der Waals surface area contributed by atoms with Gasteiger partial charge in [-0.3, -0.25) is 4.68 Å². The highest BCUT2D eigenvalue weighted by Crippen LogP contribution is 2.30. The number of nitrogens with one attached hydrogen (secondary N) is 1. The van der Waals surface area contributed by atoms with Crippen molar-refractivity contribution < 1.29 is 4.74 Å². The third kappa shape index (κ3) is 3.86. The molecule has 0 radical (unpaired) electrons. The molecule has 1 atom stereocenters. The third-order valence-corrected chi connectivity index (χ3v) is 4.05. The number of benzene rings is 1. The minimum atomic E-state index is -0.0203.